The van der Waals surface area contributed by atoms with Crippen LogP contribution >= 0.6 is 11.6 Å². The number of nitrogens with zero attached hydrogens (tertiary/aromatic N) is 1. The number of aldehydes is 1. The number of esters is 1. The van der Waals surface area contributed by atoms with E-state index >= 15 is 0 Å². The molecule has 0 aromatic heterocycles. The molecular formula is C11H8ClNO3. The summed E-state index contributed by atoms with van der Waals surface area (Å²) in [6.45, 7) is 1.85. The third-order valence-electron chi connectivity index (χ3n) is 1.88. The first-order valence-corrected chi connectivity index (χ1v) is 4.87. The third-order valence-corrected chi connectivity index (χ3v) is 2.19. The fourth-order valence-corrected chi connectivity index (χ4v) is 1.37. The van der Waals surface area contributed by atoms with Crippen molar-refractivity contribution in [2.45, 2.75) is 6.92 Å². The Hall–Kier alpha value is -1.86. The number of carbonyl (C=O) groups excluding carboxylic acids is 2. The number of hydrogen-bond donors (Lipinski definition) is 0. The summed E-state index contributed by atoms with van der Waals surface area (Å²) in [5.74, 6) is -0.641. The lowest BCUT2D eigenvalue weighted by Gasteiger charge is -2.05. The lowest BCUT2D eigenvalue weighted by Crippen LogP contribution is -2.08. The van der Waals surface area contributed by atoms with E-state index in [0.717, 1.165) is 0 Å². The summed E-state index contributed by atoms with van der Waals surface area (Å²) in [6.07, 6.45) is 0.499. The highest BCUT2D eigenvalue weighted by atomic mass is 35.5. The van der Waals surface area contributed by atoms with Crippen LogP contribution in [0.2, 0.25) is 5.02 Å². The Bertz CT molecular complexity index is 477. The van der Waals surface area contributed by atoms with Crippen molar-refractivity contribution in [2.24, 2.45) is 0 Å². The van der Waals surface area contributed by atoms with Crippen molar-refractivity contribution >= 4 is 23.9 Å². The Labute approximate surface area is 97.4 Å². The highest BCUT2D eigenvalue weighted by Gasteiger charge is 2.15. The number of hydrogen-bond acceptors (Lipinski definition) is 4. The van der Waals surface area contributed by atoms with Crippen LogP contribution in [0.1, 0.15) is 33.2 Å². The summed E-state index contributed by atoms with van der Waals surface area (Å²) in [4.78, 5) is 22.2. The minimum atomic E-state index is -0.641. The molecule has 0 unspecified atom stereocenters. The van der Waals surface area contributed by atoms with Gasteiger partial charge in [0.05, 0.1) is 22.8 Å². The molecule has 1 aromatic rings. The molecule has 0 bridgehead atoms. The molecule has 0 saturated carbocycles. The SMILES string of the molecule is CCOC(=O)c1cc(C#N)c(Cl)cc1C=O. The van der Waals surface area contributed by atoms with Crippen LogP contribution in [-0.2, 0) is 4.74 Å². The van der Waals surface area contributed by atoms with E-state index in [-0.39, 0.29) is 28.3 Å². The molecule has 0 amide bonds. The number of rotatable bonds is 3. The predicted octanol–water partition coefficient (Wildman–Crippen LogP) is 2.20. The van der Waals surface area contributed by atoms with Crippen molar-refractivity contribution < 1.29 is 14.3 Å². The zero-order chi connectivity index (χ0) is 12.1. The van der Waals surface area contributed by atoms with Crippen LogP contribution in [0.25, 0.3) is 0 Å². The summed E-state index contributed by atoms with van der Waals surface area (Å²) in [6, 6.07) is 4.36. The van der Waals surface area contributed by atoms with Gasteiger partial charge in [0.15, 0.2) is 6.29 Å². The number of ether oxygens (including phenoxy) is 1. The lowest BCUT2D eigenvalue weighted by atomic mass is 10.1. The average molecular weight is 238 g/mol. The molecule has 0 spiro atoms. The largest absolute Gasteiger partial charge is 0.462 e. The first-order chi connectivity index (χ1) is 7.63. The van der Waals surface area contributed by atoms with Crippen LogP contribution in [0.4, 0.5) is 0 Å². The van der Waals surface area contributed by atoms with Gasteiger partial charge in [0.1, 0.15) is 6.07 Å². The van der Waals surface area contributed by atoms with Crippen LogP contribution < -0.4 is 0 Å². The summed E-state index contributed by atoms with van der Waals surface area (Å²) in [7, 11) is 0. The van der Waals surface area contributed by atoms with Crippen molar-refractivity contribution in [3.05, 3.63) is 33.8 Å². The molecule has 16 heavy (non-hydrogen) atoms. The van der Waals surface area contributed by atoms with Gasteiger partial charge >= 0.3 is 5.97 Å². The molecule has 4 nitrogen and oxygen atoms in total. The van der Waals surface area contributed by atoms with E-state index in [1.165, 1.54) is 12.1 Å². The standard InChI is InChI=1S/C11H8ClNO3/c1-2-16-11(15)9-3-7(5-13)10(12)4-8(9)6-14/h3-4,6H,2H2,1H3. The molecule has 0 fully saturated rings. The van der Waals surface area contributed by atoms with Gasteiger partial charge in [0.2, 0.25) is 0 Å². The highest BCUT2D eigenvalue weighted by Crippen LogP contribution is 2.20. The van der Waals surface area contributed by atoms with E-state index in [2.05, 4.69) is 0 Å². The molecule has 82 valence electrons. The molecule has 5 heteroatoms. The first-order valence-electron chi connectivity index (χ1n) is 4.50. The summed E-state index contributed by atoms with van der Waals surface area (Å²) in [5, 5.41) is 8.88. The van der Waals surface area contributed by atoms with E-state index in [9.17, 15) is 9.59 Å². The monoisotopic (exact) mass is 237 g/mol. The second-order valence-corrected chi connectivity index (χ2v) is 3.28. The van der Waals surface area contributed by atoms with Gasteiger partial charge in [0, 0.05) is 5.56 Å². The fraction of sp³-hybridized carbons (Fsp3) is 0.182. The van der Waals surface area contributed by atoms with Gasteiger partial charge in [-0.3, -0.25) is 4.79 Å². The summed E-state index contributed by atoms with van der Waals surface area (Å²) in [5.41, 5.74) is 0.301. The van der Waals surface area contributed by atoms with E-state index in [4.69, 9.17) is 21.6 Å². The van der Waals surface area contributed by atoms with Crippen LogP contribution in [-0.4, -0.2) is 18.9 Å². The van der Waals surface area contributed by atoms with E-state index < -0.39 is 5.97 Å². The Morgan fingerprint density at radius 3 is 2.81 bits per heavy atom. The Kier molecular flexibility index (Phi) is 4.03. The first kappa shape index (κ1) is 12.2. The van der Waals surface area contributed by atoms with Gasteiger partial charge in [-0.25, -0.2) is 4.79 Å². The topological polar surface area (TPSA) is 67.2 Å². The van der Waals surface area contributed by atoms with Crippen molar-refractivity contribution in [3.8, 4) is 6.07 Å². The third kappa shape index (κ3) is 2.38. The number of carbonyl (C=O) groups is 2. The average Bonchev–Trinajstić information content (AvgIpc) is 2.28. The second kappa shape index (κ2) is 5.29. The second-order valence-electron chi connectivity index (χ2n) is 2.87. The van der Waals surface area contributed by atoms with Crippen molar-refractivity contribution in [1.29, 1.82) is 5.26 Å². The Morgan fingerprint density at radius 2 is 2.31 bits per heavy atom. The normalized spacial score (nSPS) is 9.31. The molecule has 1 rings (SSSR count). The number of halogens is 1. The Balaban J connectivity index is 3.31. The summed E-state index contributed by atoms with van der Waals surface area (Å²) >= 11 is 5.73. The van der Waals surface area contributed by atoms with E-state index in [1.54, 1.807) is 6.92 Å². The maximum atomic E-state index is 11.5. The maximum Gasteiger partial charge on any atom is 0.338 e. The van der Waals surface area contributed by atoms with Crippen molar-refractivity contribution in [1.82, 2.24) is 0 Å². The van der Waals surface area contributed by atoms with Crippen LogP contribution in [0.3, 0.4) is 0 Å². The van der Waals surface area contributed by atoms with Crippen molar-refractivity contribution in [3.63, 3.8) is 0 Å². The molecule has 0 heterocycles. The minimum absolute atomic E-state index is 0.0535. The summed E-state index contributed by atoms with van der Waals surface area (Å²) < 4.78 is 4.76. The number of benzene rings is 1. The van der Waals surface area contributed by atoms with Gasteiger partial charge in [-0.15, -0.1) is 0 Å². The van der Waals surface area contributed by atoms with Gasteiger partial charge in [-0.1, -0.05) is 11.6 Å². The van der Waals surface area contributed by atoms with Gasteiger partial charge in [-0.05, 0) is 19.1 Å². The van der Waals surface area contributed by atoms with Gasteiger partial charge < -0.3 is 4.74 Å². The van der Waals surface area contributed by atoms with Gasteiger partial charge in [0.25, 0.3) is 0 Å². The molecule has 0 aliphatic carbocycles. The predicted molar refractivity (Wildman–Crippen MR) is 57.5 cm³/mol. The van der Waals surface area contributed by atoms with Crippen LogP contribution in [0.15, 0.2) is 12.1 Å². The Morgan fingerprint density at radius 1 is 1.62 bits per heavy atom. The van der Waals surface area contributed by atoms with Crippen LogP contribution in [0.5, 0.6) is 0 Å². The molecule has 0 radical (unpaired) electrons. The molecule has 0 aliphatic rings. The highest BCUT2D eigenvalue weighted by molar-refractivity contribution is 6.32. The molecule has 0 aliphatic heterocycles. The number of nitriles is 1. The molecule has 1 aromatic carbocycles. The zero-order valence-corrected chi connectivity index (χ0v) is 9.25. The molecule has 0 saturated heterocycles. The van der Waals surface area contributed by atoms with E-state index in [0.29, 0.717) is 6.29 Å². The maximum absolute atomic E-state index is 11.5. The van der Waals surface area contributed by atoms with Crippen LogP contribution in [0, 0.1) is 11.3 Å². The van der Waals surface area contributed by atoms with E-state index in [1.807, 2.05) is 6.07 Å². The zero-order valence-electron chi connectivity index (χ0n) is 8.49. The quantitative estimate of drug-likeness (QED) is 0.597. The smallest absolute Gasteiger partial charge is 0.338 e. The molecule has 0 N–H and O–H groups in total. The molecular weight excluding hydrogens is 230 g/mol. The van der Waals surface area contributed by atoms with Gasteiger partial charge in [-0.2, -0.15) is 5.26 Å². The minimum Gasteiger partial charge on any atom is -0.462 e. The fourth-order valence-electron chi connectivity index (χ4n) is 1.16. The lowest BCUT2D eigenvalue weighted by molar-refractivity contribution is 0.0524. The molecule has 0 atom stereocenters. The van der Waals surface area contributed by atoms with Crippen molar-refractivity contribution in [2.75, 3.05) is 6.61 Å².